The lowest BCUT2D eigenvalue weighted by atomic mass is 9.81. The van der Waals surface area contributed by atoms with Gasteiger partial charge in [0, 0.05) is 17.8 Å². The minimum absolute atomic E-state index is 0.224. The minimum atomic E-state index is -0.506. The summed E-state index contributed by atoms with van der Waals surface area (Å²) in [5.41, 5.74) is 6.99. The molecular weight excluding hydrogens is 248 g/mol. The Morgan fingerprint density at radius 2 is 1.65 bits per heavy atom. The highest BCUT2D eigenvalue weighted by atomic mass is 16.2. The van der Waals surface area contributed by atoms with Crippen molar-refractivity contribution in [2.45, 2.75) is 64.5 Å². The normalized spacial score (nSPS) is 23.7. The van der Waals surface area contributed by atoms with Crippen molar-refractivity contribution in [1.82, 2.24) is 4.90 Å². The number of hydrogen-bond donors (Lipinski definition) is 1. The van der Waals surface area contributed by atoms with Crippen LogP contribution in [0.5, 0.6) is 0 Å². The number of anilines is 1. The van der Waals surface area contributed by atoms with Crippen molar-refractivity contribution in [3.8, 4) is 0 Å². The van der Waals surface area contributed by atoms with Gasteiger partial charge in [0.05, 0.1) is 5.41 Å². The number of amides is 1. The third-order valence-electron chi connectivity index (χ3n) is 4.60. The van der Waals surface area contributed by atoms with Crippen molar-refractivity contribution in [3.05, 3.63) is 29.8 Å². The molecule has 1 saturated heterocycles. The van der Waals surface area contributed by atoms with Crippen LogP contribution in [0, 0.1) is 0 Å². The number of benzene rings is 1. The molecule has 1 aromatic carbocycles. The lowest BCUT2D eigenvalue weighted by Crippen LogP contribution is -2.53. The van der Waals surface area contributed by atoms with E-state index in [1.54, 1.807) is 0 Å². The van der Waals surface area contributed by atoms with Gasteiger partial charge >= 0.3 is 0 Å². The molecule has 0 aliphatic carbocycles. The van der Waals surface area contributed by atoms with E-state index in [2.05, 4.69) is 18.7 Å². The molecule has 2 atom stereocenters. The fourth-order valence-corrected chi connectivity index (χ4v) is 3.17. The number of hydrogen-bond acceptors (Lipinski definition) is 2. The zero-order chi connectivity index (χ0) is 14.9. The predicted molar refractivity (Wildman–Crippen MR) is 83.5 cm³/mol. The molecule has 2 N–H and O–H groups in total. The van der Waals surface area contributed by atoms with Crippen molar-refractivity contribution >= 4 is 11.6 Å². The van der Waals surface area contributed by atoms with E-state index in [9.17, 15) is 4.79 Å². The second kappa shape index (κ2) is 5.47. The molecule has 110 valence electrons. The Balaban J connectivity index is 2.28. The molecule has 0 radical (unpaired) electrons. The molecule has 1 aliphatic rings. The summed E-state index contributed by atoms with van der Waals surface area (Å²) in [5.74, 6) is 0.224. The van der Waals surface area contributed by atoms with E-state index in [-0.39, 0.29) is 5.91 Å². The van der Waals surface area contributed by atoms with E-state index in [0.29, 0.717) is 12.1 Å². The molecule has 3 heteroatoms. The van der Waals surface area contributed by atoms with Gasteiger partial charge in [0.15, 0.2) is 0 Å². The molecule has 0 bridgehead atoms. The number of carbonyl (C=O) groups excluding carboxylic acids is 1. The minimum Gasteiger partial charge on any atom is -0.399 e. The number of piperidine rings is 1. The molecule has 2 rings (SSSR count). The molecule has 0 saturated carbocycles. The summed E-state index contributed by atoms with van der Waals surface area (Å²) in [6.45, 7) is 8.34. The Hall–Kier alpha value is -1.51. The van der Waals surface area contributed by atoms with Gasteiger partial charge in [-0.05, 0) is 64.7 Å². The maximum atomic E-state index is 13.0. The van der Waals surface area contributed by atoms with Gasteiger partial charge in [0.1, 0.15) is 0 Å². The molecule has 1 aliphatic heterocycles. The average molecular weight is 274 g/mol. The third kappa shape index (κ3) is 2.67. The second-order valence-corrected chi connectivity index (χ2v) is 6.59. The van der Waals surface area contributed by atoms with E-state index in [1.165, 1.54) is 6.42 Å². The molecule has 3 nitrogen and oxygen atoms in total. The molecule has 1 aromatic rings. The average Bonchev–Trinajstić information content (AvgIpc) is 2.38. The first-order chi connectivity index (χ1) is 9.34. The second-order valence-electron chi connectivity index (χ2n) is 6.59. The van der Waals surface area contributed by atoms with Crippen LogP contribution in [-0.4, -0.2) is 22.9 Å². The monoisotopic (exact) mass is 274 g/mol. The summed E-state index contributed by atoms with van der Waals surface area (Å²) in [7, 11) is 0. The Bertz CT molecular complexity index is 468. The van der Waals surface area contributed by atoms with E-state index < -0.39 is 5.41 Å². The molecule has 1 heterocycles. The van der Waals surface area contributed by atoms with Crippen molar-refractivity contribution in [2.24, 2.45) is 0 Å². The van der Waals surface area contributed by atoms with Gasteiger partial charge in [-0.15, -0.1) is 0 Å². The van der Waals surface area contributed by atoms with Crippen molar-refractivity contribution in [3.63, 3.8) is 0 Å². The van der Waals surface area contributed by atoms with Gasteiger partial charge in [-0.25, -0.2) is 0 Å². The fourth-order valence-electron chi connectivity index (χ4n) is 3.17. The van der Waals surface area contributed by atoms with Crippen LogP contribution in [-0.2, 0) is 10.2 Å². The highest BCUT2D eigenvalue weighted by Crippen LogP contribution is 2.31. The van der Waals surface area contributed by atoms with Gasteiger partial charge in [-0.2, -0.15) is 0 Å². The summed E-state index contributed by atoms with van der Waals surface area (Å²) in [4.78, 5) is 15.1. The Kier molecular flexibility index (Phi) is 4.07. The molecule has 2 unspecified atom stereocenters. The number of nitrogens with zero attached hydrogens (tertiary/aromatic N) is 1. The number of nitrogen functional groups attached to an aromatic ring is 1. The molecule has 0 spiro atoms. The highest BCUT2D eigenvalue weighted by Gasteiger charge is 2.38. The summed E-state index contributed by atoms with van der Waals surface area (Å²) < 4.78 is 0. The SMILES string of the molecule is CC1CCCC(C)N1C(=O)C(C)(C)c1ccc(N)cc1. The number of carbonyl (C=O) groups is 1. The highest BCUT2D eigenvalue weighted by molar-refractivity contribution is 5.88. The van der Waals surface area contributed by atoms with Crippen LogP contribution in [0.3, 0.4) is 0 Å². The van der Waals surface area contributed by atoms with Crippen molar-refractivity contribution in [2.75, 3.05) is 5.73 Å². The molecule has 1 fully saturated rings. The molecule has 0 aromatic heterocycles. The van der Waals surface area contributed by atoms with Crippen LogP contribution >= 0.6 is 0 Å². The number of likely N-dealkylation sites (tertiary alicyclic amines) is 1. The summed E-state index contributed by atoms with van der Waals surface area (Å²) in [5, 5.41) is 0. The summed E-state index contributed by atoms with van der Waals surface area (Å²) in [6, 6.07) is 8.33. The predicted octanol–water partition coefficient (Wildman–Crippen LogP) is 3.34. The van der Waals surface area contributed by atoms with Crippen molar-refractivity contribution < 1.29 is 4.79 Å². The zero-order valence-electron chi connectivity index (χ0n) is 13.0. The topological polar surface area (TPSA) is 46.3 Å². The number of rotatable bonds is 2. The molecule has 1 amide bonds. The van der Waals surface area contributed by atoms with E-state index in [0.717, 1.165) is 24.1 Å². The van der Waals surface area contributed by atoms with E-state index >= 15 is 0 Å². The van der Waals surface area contributed by atoms with Gasteiger partial charge in [-0.3, -0.25) is 4.79 Å². The number of nitrogens with two attached hydrogens (primary N) is 1. The first-order valence-corrected chi connectivity index (χ1v) is 7.53. The van der Waals surface area contributed by atoms with Gasteiger partial charge in [-0.1, -0.05) is 12.1 Å². The fraction of sp³-hybridized carbons (Fsp3) is 0.588. The smallest absolute Gasteiger partial charge is 0.233 e. The van der Waals surface area contributed by atoms with Crippen LogP contribution in [0.1, 0.15) is 52.5 Å². The standard InChI is InChI=1S/C17H26N2O/c1-12-6-5-7-13(2)19(12)16(20)17(3,4)14-8-10-15(18)11-9-14/h8-13H,5-7,18H2,1-4H3. The summed E-state index contributed by atoms with van der Waals surface area (Å²) >= 11 is 0. The Morgan fingerprint density at radius 3 is 2.15 bits per heavy atom. The third-order valence-corrected chi connectivity index (χ3v) is 4.60. The van der Waals surface area contributed by atoms with E-state index in [1.807, 2.05) is 38.1 Å². The van der Waals surface area contributed by atoms with Crippen LogP contribution in [0.25, 0.3) is 0 Å². The quantitative estimate of drug-likeness (QED) is 0.841. The first-order valence-electron chi connectivity index (χ1n) is 7.53. The van der Waals surface area contributed by atoms with Crippen molar-refractivity contribution in [1.29, 1.82) is 0 Å². The maximum absolute atomic E-state index is 13.0. The van der Waals surface area contributed by atoms with Crippen LogP contribution in [0.4, 0.5) is 5.69 Å². The first kappa shape index (κ1) is 14.9. The molecular formula is C17H26N2O. The molecule has 20 heavy (non-hydrogen) atoms. The maximum Gasteiger partial charge on any atom is 0.233 e. The lowest BCUT2D eigenvalue weighted by molar-refractivity contribution is -0.142. The van der Waals surface area contributed by atoms with Gasteiger partial charge < -0.3 is 10.6 Å². The van der Waals surface area contributed by atoms with Crippen LogP contribution in [0.15, 0.2) is 24.3 Å². The lowest BCUT2D eigenvalue weighted by Gasteiger charge is -2.43. The van der Waals surface area contributed by atoms with Gasteiger partial charge in [0.2, 0.25) is 5.91 Å². The zero-order valence-corrected chi connectivity index (χ0v) is 13.0. The van der Waals surface area contributed by atoms with Crippen LogP contribution in [0.2, 0.25) is 0 Å². The van der Waals surface area contributed by atoms with E-state index in [4.69, 9.17) is 5.73 Å². The largest absolute Gasteiger partial charge is 0.399 e. The summed E-state index contributed by atoms with van der Waals surface area (Å²) in [6.07, 6.45) is 3.43. The van der Waals surface area contributed by atoms with Gasteiger partial charge in [0.25, 0.3) is 0 Å². The Morgan fingerprint density at radius 1 is 1.15 bits per heavy atom. The van der Waals surface area contributed by atoms with Crippen LogP contribution < -0.4 is 5.73 Å². The Labute approximate surface area is 122 Å².